The van der Waals surface area contributed by atoms with Crippen molar-refractivity contribution in [2.24, 2.45) is 11.8 Å². The maximum absolute atomic E-state index is 12.6. The zero-order valence-electron chi connectivity index (χ0n) is 41.1. The Kier molecular flexibility index (Phi) is 45.7. The van der Waals surface area contributed by atoms with Crippen LogP contribution < -0.4 is 0 Å². The van der Waals surface area contributed by atoms with Gasteiger partial charge in [-0.3, -0.25) is 14.4 Å². The van der Waals surface area contributed by atoms with Crippen LogP contribution in [0.2, 0.25) is 0 Å². The van der Waals surface area contributed by atoms with Crippen LogP contribution in [0.4, 0.5) is 0 Å². The summed E-state index contributed by atoms with van der Waals surface area (Å²) in [5.74, 6) is 0.882. The van der Waals surface area contributed by atoms with Gasteiger partial charge in [0.05, 0.1) is 0 Å². The molecule has 0 aliphatic heterocycles. The minimum absolute atomic E-state index is 0.0649. The Bertz CT molecular complexity index is 918. The Balaban J connectivity index is 4.01. The van der Waals surface area contributed by atoms with Crippen LogP contribution in [-0.4, -0.2) is 37.2 Å². The molecule has 60 heavy (non-hydrogen) atoms. The third-order valence-corrected chi connectivity index (χ3v) is 12.6. The number of carbonyl (C=O) groups excluding carboxylic acids is 3. The summed E-state index contributed by atoms with van der Waals surface area (Å²) in [4.78, 5) is 37.7. The largest absolute Gasteiger partial charge is 0.462 e. The molecule has 356 valence electrons. The number of ether oxygens (including phenoxy) is 3. The van der Waals surface area contributed by atoms with Gasteiger partial charge >= 0.3 is 17.9 Å². The lowest BCUT2D eigenvalue weighted by Gasteiger charge is -2.18. The quantitative estimate of drug-likeness (QED) is 0.0345. The maximum atomic E-state index is 12.6. The van der Waals surface area contributed by atoms with Crippen molar-refractivity contribution in [2.45, 2.75) is 304 Å². The van der Waals surface area contributed by atoms with Gasteiger partial charge in [0, 0.05) is 19.3 Å². The third-order valence-electron chi connectivity index (χ3n) is 12.6. The monoisotopic (exact) mass is 849 g/mol. The highest BCUT2D eigenvalue weighted by Gasteiger charge is 2.19. The predicted molar refractivity (Wildman–Crippen MR) is 256 cm³/mol. The summed E-state index contributed by atoms with van der Waals surface area (Å²) in [5, 5.41) is 0. The van der Waals surface area contributed by atoms with E-state index in [1.807, 2.05) is 0 Å². The topological polar surface area (TPSA) is 78.9 Å². The molecule has 2 atom stereocenters. The molecule has 0 saturated heterocycles. The highest BCUT2D eigenvalue weighted by molar-refractivity contribution is 5.71. The van der Waals surface area contributed by atoms with Gasteiger partial charge in [0.2, 0.25) is 0 Å². The molecule has 0 fully saturated rings. The second-order valence-electron chi connectivity index (χ2n) is 19.2. The molecule has 0 rings (SSSR count). The van der Waals surface area contributed by atoms with Crippen LogP contribution in [-0.2, 0) is 28.6 Å². The summed E-state index contributed by atoms with van der Waals surface area (Å²) in [6.07, 6.45) is 48.4. The van der Waals surface area contributed by atoms with Crippen molar-refractivity contribution in [1.29, 1.82) is 0 Å². The van der Waals surface area contributed by atoms with Crippen molar-refractivity contribution in [2.75, 3.05) is 13.2 Å². The smallest absolute Gasteiger partial charge is 0.306 e. The van der Waals surface area contributed by atoms with Crippen LogP contribution >= 0.6 is 0 Å². The molecule has 0 saturated carbocycles. The summed E-state index contributed by atoms with van der Waals surface area (Å²) < 4.78 is 16.7. The van der Waals surface area contributed by atoms with E-state index in [-0.39, 0.29) is 31.1 Å². The highest BCUT2D eigenvalue weighted by Crippen LogP contribution is 2.18. The lowest BCUT2D eigenvalue weighted by Crippen LogP contribution is -2.30. The van der Waals surface area contributed by atoms with E-state index >= 15 is 0 Å². The number of unbranched alkanes of at least 4 members (excludes halogenated alkanes) is 32. The van der Waals surface area contributed by atoms with Gasteiger partial charge < -0.3 is 14.2 Å². The molecule has 0 N–H and O–H groups in total. The van der Waals surface area contributed by atoms with E-state index in [0.717, 1.165) is 76.0 Å². The predicted octanol–water partition coefficient (Wildman–Crippen LogP) is 17.3. The molecule has 0 spiro atoms. The van der Waals surface area contributed by atoms with Gasteiger partial charge in [-0.05, 0) is 31.1 Å². The number of hydrogen-bond acceptors (Lipinski definition) is 6. The molecule has 0 heterocycles. The maximum Gasteiger partial charge on any atom is 0.306 e. The molecule has 6 heteroatoms. The van der Waals surface area contributed by atoms with Crippen LogP contribution in [0.5, 0.6) is 0 Å². The van der Waals surface area contributed by atoms with E-state index in [1.165, 1.54) is 180 Å². The average molecular weight is 849 g/mol. The van der Waals surface area contributed by atoms with E-state index in [2.05, 4.69) is 34.6 Å². The van der Waals surface area contributed by atoms with Gasteiger partial charge in [-0.25, -0.2) is 0 Å². The molecule has 0 radical (unpaired) electrons. The van der Waals surface area contributed by atoms with Gasteiger partial charge in [-0.1, -0.05) is 259 Å². The Morgan fingerprint density at radius 2 is 0.633 bits per heavy atom. The summed E-state index contributed by atoms with van der Waals surface area (Å²) in [7, 11) is 0. The number of carbonyl (C=O) groups is 3. The Labute approximate surface area is 374 Å². The normalized spacial score (nSPS) is 12.5. The van der Waals surface area contributed by atoms with Crippen molar-refractivity contribution in [3.8, 4) is 0 Å². The number of esters is 3. The van der Waals surface area contributed by atoms with Gasteiger partial charge in [-0.2, -0.15) is 0 Å². The lowest BCUT2D eigenvalue weighted by molar-refractivity contribution is -0.167. The first-order chi connectivity index (χ1) is 29.3. The van der Waals surface area contributed by atoms with Crippen molar-refractivity contribution in [1.82, 2.24) is 0 Å². The zero-order valence-corrected chi connectivity index (χ0v) is 41.1. The molecule has 0 aliphatic rings. The second kappa shape index (κ2) is 46.9. The zero-order chi connectivity index (χ0) is 44.0. The fourth-order valence-electron chi connectivity index (χ4n) is 8.13. The van der Waals surface area contributed by atoms with Gasteiger partial charge in [0.15, 0.2) is 6.10 Å². The van der Waals surface area contributed by atoms with E-state index in [0.29, 0.717) is 19.3 Å². The molecular weight excluding hydrogens is 745 g/mol. The van der Waals surface area contributed by atoms with E-state index < -0.39 is 6.10 Å². The summed E-state index contributed by atoms with van der Waals surface area (Å²) >= 11 is 0. The van der Waals surface area contributed by atoms with Crippen molar-refractivity contribution >= 4 is 17.9 Å². The molecule has 0 aromatic carbocycles. The summed E-state index contributed by atoms with van der Waals surface area (Å²) in [6.45, 7) is 11.4. The first-order valence-corrected chi connectivity index (χ1v) is 26.8. The average Bonchev–Trinajstić information content (AvgIpc) is 3.23. The van der Waals surface area contributed by atoms with Crippen LogP contribution in [0.3, 0.4) is 0 Å². The first-order valence-electron chi connectivity index (χ1n) is 26.8. The van der Waals surface area contributed by atoms with Crippen molar-refractivity contribution < 1.29 is 28.6 Å². The Morgan fingerprint density at radius 3 is 0.950 bits per heavy atom. The van der Waals surface area contributed by atoms with Crippen LogP contribution in [0.15, 0.2) is 0 Å². The van der Waals surface area contributed by atoms with E-state index in [1.54, 1.807) is 0 Å². The molecule has 0 aliphatic carbocycles. The first kappa shape index (κ1) is 58.4. The number of hydrogen-bond donors (Lipinski definition) is 0. The minimum Gasteiger partial charge on any atom is -0.462 e. The van der Waals surface area contributed by atoms with Gasteiger partial charge in [0.1, 0.15) is 13.2 Å². The van der Waals surface area contributed by atoms with E-state index in [9.17, 15) is 14.4 Å². The Morgan fingerprint density at radius 1 is 0.350 bits per heavy atom. The standard InChI is InChI=1S/C54H104O6/c1-6-8-9-32-41-46-54(57)60-51(48-59-53(56)45-40-36-31-27-23-19-18-20-24-28-33-37-42-49(3)4)47-58-52(55)44-39-35-30-26-22-17-15-13-11-10-12-14-16-21-25-29-34-38-43-50(5)7-2/h49-51H,6-48H2,1-5H3/t50?,51-/m0/s1. The van der Waals surface area contributed by atoms with Crippen LogP contribution in [0.1, 0.15) is 298 Å². The fraction of sp³-hybridized carbons (Fsp3) is 0.944. The summed E-state index contributed by atoms with van der Waals surface area (Å²) in [6, 6.07) is 0. The molecule has 0 amide bonds. The number of rotatable bonds is 48. The van der Waals surface area contributed by atoms with Crippen molar-refractivity contribution in [3.05, 3.63) is 0 Å². The van der Waals surface area contributed by atoms with Gasteiger partial charge in [0.25, 0.3) is 0 Å². The lowest BCUT2D eigenvalue weighted by atomic mass is 9.99. The van der Waals surface area contributed by atoms with Gasteiger partial charge in [-0.15, -0.1) is 0 Å². The minimum atomic E-state index is -0.759. The molecule has 0 bridgehead atoms. The van der Waals surface area contributed by atoms with Crippen LogP contribution in [0.25, 0.3) is 0 Å². The van der Waals surface area contributed by atoms with Crippen LogP contribution in [0, 0.1) is 11.8 Å². The molecule has 6 nitrogen and oxygen atoms in total. The SMILES string of the molecule is CCCCCCCC(=O)O[C@@H](COC(=O)CCCCCCCCCCCCCCCCCCCCC(C)CC)COC(=O)CCCCCCCCCCCCCCC(C)C. The molecular formula is C54H104O6. The van der Waals surface area contributed by atoms with E-state index in [4.69, 9.17) is 14.2 Å². The highest BCUT2D eigenvalue weighted by atomic mass is 16.6. The molecule has 0 aromatic heterocycles. The van der Waals surface area contributed by atoms with Crippen molar-refractivity contribution in [3.63, 3.8) is 0 Å². The molecule has 0 aromatic rings. The molecule has 1 unspecified atom stereocenters. The second-order valence-corrected chi connectivity index (χ2v) is 19.2. The summed E-state index contributed by atoms with van der Waals surface area (Å²) in [5.41, 5.74) is 0. The fourth-order valence-corrected chi connectivity index (χ4v) is 8.13. The Hall–Kier alpha value is -1.59. The third kappa shape index (κ3) is 45.9.